The van der Waals surface area contributed by atoms with Crippen LogP contribution in [0.2, 0.25) is 10.0 Å². The van der Waals surface area contributed by atoms with Crippen LogP contribution in [0.15, 0.2) is 108 Å². The first-order valence-electron chi connectivity index (χ1n) is 14.4. The number of anilines is 1. The molecule has 2 amide bonds. The van der Waals surface area contributed by atoms with Crippen molar-refractivity contribution in [1.82, 2.24) is 10.2 Å². The van der Waals surface area contributed by atoms with Crippen LogP contribution in [0.4, 0.5) is 5.69 Å². The van der Waals surface area contributed by atoms with Crippen molar-refractivity contribution in [1.29, 1.82) is 0 Å². The van der Waals surface area contributed by atoms with Crippen molar-refractivity contribution in [2.45, 2.75) is 44.2 Å². The van der Waals surface area contributed by atoms with E-state index in [1.54, 1.807) is 55.5 Å². The average Bonchev–Trinajstić information content (AvgIpc) is 3.03. The normalized spacial score (nSPS) is 11.9. The van der Waals surface area contributed by atoms with Gasteiger partial charge in [-0.05, 0) is 60.9 Å². The predicted octanol–water partition coefficient (Wildman–Crippen LogP) is 6.53. The molecule has 4 aromatic rings. The van der Waals surface area contributed by atoms with Crippen LogP contribution in [0.1, 0.15) is 30.5 Å². The van der Waals surface area contributed by atoms with Crippen LogP contribution in [-0.2, 0) is 39.0 Å². The van der Waals surface area contributed by atoms with E-state index in [-0.39, 0.29) is 23.8 Å². The number of amides is 2. The van der Waals surface area contributed by atoms with E-state index >= 15 is 0 Å². The van der Waals surface area contributed by atoms with Gasteiger partial charge >= 0.3 is 0 Å². The summed E-state index contributed by atoms with van der Waals surface area (Å²) >= 11 is 13.1. The highest BCUT2D eigenvalue weighted by atomic mass is 35.5. The van der Waals surface area contributed by atoms with E-state index in [0.29, 0.717) is 27.8 Å². The predicted molar refractivity (Wildman–Crippen MR) is 176 cm³/mol. The third-order valence-electron chi connectivity index (χ3n) is 7.25. The van der Waals surface area contributed by atoms with Gasteiger partial charge in [0.15, 0.2) is 0 Å². The molecule has 0 bridgehead atoms. The smallest absolute Gasteiger partial charge is 0.264 e. The second-order valence-electron chi connectivity index (χ2n) is 10.2. The van der Waals surface area contributed by atoms with Crippen LogP contribution in [-0.4, -0.2) is 44.3 Å². The maximum Gasteiger partial charge on any atom is 0.264 e. The summed E-state index contributed by atoms with van der Waals surface area (Å²) in [5.74, 6) is -0.968. The molecule has 0 spiro atoms. The molecular formula is C34H35Cl2N3O4S. The van der Waals surface area contributed by atoms with Gasteiger partial charge in [-0.3, -0.25) is 13.9 Å². The highest BCUT2D eigenvalue weighted by Gasteiger charge is 2.35. The molecule has 1 atom stereocenters. The Morgan fingerprint density at radius 3 is 1.93 bits per heavy atom. The van der Waals surface area contributed by atoms with Crippen LogP contribution in [0.25, 0.3) is 0 Å². The lowest BCUT2D eigenvalue weighted by Crippen LogP contribution is -2.53. The lowest BCUT2D eigenvalue weighted by Gasteiger charge is -2.34. The molecular weight excluding hydrogens is 617 g/mol. The maximum atomic E-state index is 14.4. The number of aryl methyl sites for hydroxylation is 1. The van der Waals surface area contributed by atoms with Gasteiger partial charge in [0, 0.05) is 35.1 Å². The van der Waals surface area contributed by atoms with E-state index in [1.807, 2.05) is 49.4 Å². The third-order valence-corrected chi connectivity index (χ3v) is 9.75. The van der Waals surface area contributed by atoms with Gasteiger partial charge in [-0.15, -0.1) is 0 Å². The molecule has 4 aromatic carbocycles. The zero-order chi connectivity index (χ0) is 31.7. The van der Waals surface area contributed by atoms with Gasteiger partial charge in [0.25, 0.3) is 10.0 Å². The zero-order valence-corrected chi connectivity index (χ0v) is 26.9. The summed E-state index contributed by atoms with van der Waals surface area (Å²) in [4.78, 5) is 29.5. The van der Waals surface area contributed by atoms with Crippen LogP contribution in [0.5, 0.6) is 0 Å². The molecule has 0 aliphatic rings. The minimum absolute atomic E-state index is 0.0395. The number of benzene rings is 4. The summed E-state index contributed by atoms with van der Waals surface area (Å²) in [7, 11) is -4.17. The number of carbonyl (C=O) groups is 2. The van der Waals surface area contributed by atoms with E-state index in [9.17, 15) is 18.0 Å². The molecule has 0 saturated heterocycles. The molecule has 10 heteroatoms. The number of hydrogen-bond donors (Lipinski definition) is 1. The molecule has 0 radical (unpaired) electrons. The molecule has 0 fully saturated rings. The van der Waals surface area contributed by atoms with Crippen molar-refractivity contribution in [2.75, 3.05) is 17.4 Å². The van der Waals surface area contributed by atoms with Crippen LogP contribution in [0, 0.1) is 0 Å². The molecule has 0 aliphatic heterocycles. The quantitative estimate of drug-likeness (QED) is 0.178. The van der Waals surface area contributed by atoms with Crippen LogP contribution < -0.4 is 9.62 Å². The fourth-order valence-corrected chi connectivity index (χ4v) is 6.80. The van der Waals surface area contributed by atoms with E-state index in [1.165, 1.54) is 17.0 Å². The number of likely N-dealkylation sites (N-methyl/N-ethyl adjacent to an activating group) is 1. The largest absolute Gasteiger partial charge is 0.355 e. The summed E-state index contributed by atoms with van der Waals surface area (Å²) in [6, 6.07) is 28.4. The number of rotatable bonds is 13. The fraction of sp³-hybridized carbons (Fsp3) is 0.235. The zero-order valence-electron chi connectivity index (χ0n) is 24.6. The lowest BCUT2D eigenvalue weighted by atomic mass is 10.0. The van der Waals surface area contributed by atoms with Gasteiger partial charge in [0.2, 0.25) is 11.8 Å². The second-order valence-corrected chi connectivity index (χ2v) is 12.8. The molecule has 4 rings (SSSR count). The molecule has 230 valence electrons. The Morgan fingerprint density at radius 1 is 0.773 bits per heavy atom. The van der Waals surface area contributed by atoms with Crippen LogP contribution in [0.3, 0.4) is 0 Å². The first-order valence-corrected chi connectivity index (χ1v) is 16.6. The molecule has 0 unspecified atom stereocenters. The number of halogens is 2. The standard InChI is InChI=1S/C34H35Cl2N3O4S/c1-3-25-18-20-27(21-19-25)39(44(42,43)28-14-9-6-10-15-28)24-33(40)38(23-29-30(35)16-11-17-31(29)36)32(34(41)37-4-2)22-26-12-7-5-8-13-26/h5-21,32H,3-4,22-24H2,1-2H3,(H,37,41)/t32-/m1/s1. The molecule has 7 nitrogen and oxygen atoms in total. The van der Waals surface area contributed by atoms with E-state index in [0.717, 1.165) is 21.9 Å². The molecule has 44 heavy (non-hydrogen) atoms. The van der Waals surface area contributed by atoms with Crippen molar-refractivity contribution in [2.24, 2.45) is 0 Å². The highest BCUT2D eigenvalue weighted by Crippen LogP contribution is 2.29. The van der Waals surface area contributed by atoms with E-state index in [2.05, 4.69) is 5.32 Å². The van der Waals surface area contributed by atoms with E-state index < -0.39 is 28.5 Å². The number of sulfonamides is 1. The first kappa shape index (κ1) is 33.1. The first-order chi connectivity index (χ1) is 21.1. The molecule has 0 heterocycles. The third kappa shape index (κ3) is 8.00. The minimum Gasteiger partial charge on any atom is -0.355 e. The second kappa shape index (κ2) is 15.2. The Bertz CT molecular complexity index is 1650. The van der Waals surface area contributed by atoms with E-state index in [4.69, 9.17) is 23.2 Å². The summed E-state index contributed by atoms with van der Waals surface area (Å²) in [6.45, 7) is 3.47. The molecule has 1 N–H and O–H groups in total. The fourth-order valence-electron chi connectivity index (χ4n) is 4.85. The summed E-state index contributed by atoms with van der Waals surface area (Å²) < 4.78 is 29.2. The number of carbonyl (C=O) groups excluding carboxylic acids is 2. The Balaban J connectivity index is 1.82. The summed E-state index contributed by atoms with van der Waals surface area (Å²) in [6.07, 6.45) is 0.960. The summed E-state index contributed by atoms with van der Waals surface area (Å²) in [5.41, 5.74) is 2.63. The SMILES string of the molecule is CCNC(=O)[C@@H](Cc1ccccc1)N(Cc1c(Cl)cccc1Cl)C(=O)CN(c1ccc(CC)cc1)S(=O)(=O)c1ccccc1. The number of nitrogens with one attached hydrogen (secondary N) is 1. The van der Waals surface area contributed by atoms with Gasteiger partial charge < -0.3 is 10.2 Å². The lowest BCUT2D eigenvalue weighted by molar-refractivity contribution is -0.140. The Kier molecular flexibility index (Phi) is 11.4. The highest BCUT2D eigenvalue weighted by molar-refractivity contribution is 7.92. The van der Waals surface area contributed by atoms with Crippen molar-refractivity contribution >= 4 is 50.7 Å². The maximum absolute atomic E-state index is 14.4. The topological polar surface area (TPSA) is 86.8 Å². The van der Waals surface area contributed by atoms with Gasteiger partial charge in [-0.2, -0.15) is 0 Å². The van der Waals surface area contributed by atoms with Gasteiger partial charge in [0.1, 0.15) is 12.6 Å². The minimum atomic E-state index is -4.17. The van der Waals surface area contributed by atoms with Crippen molar-refractivity contribution in [3.63, 3.8) is 0 Å². The monoisotopic (exact) mass is 651 g/mol. The van der Waals surface area contributed by atoms with Crippen molar-refractivity contribution in [3.8, 4) is 0 Å². The van der Waals surface area contributed by atoms with Crippen molar-refractivity contribution < 1.29 is 18.0 Å². The number of hydrogen-bond acceptors (Lipinski definition) is 4. The number of nitrogens with zero attached hydrogens (tertiary/aromatic N) is 2. The Morgan fingerprint density at radius 2 is 1.36 bits per heavy atom. The molecule has 0 aromatic heterocycles. The van der Waals surface area contributed by atoms with Gasteiger partial charge in [0.05, 0.1) is 10.6 Å². The van der Waals surface area contributed by atoms with Gasteiger partial charge in [-0.1, -0.05) is 96.9 Å². The van der Waals surface area contributed by atoms with Crippen LogP contribution >= 0.6 is 23.2 Å². The van der Waals surface area contributed by atoms with Crippen molar-refractivity contribution in [3.05, 3.63) is 130 Å². The average molecular weight is 653 g/mol. The van der Waals surface area contributed by atoms with Gasteiger partial charge in [-0.25, -0.2) is 8.42 Å². The Hall–Kier alpha value is -3.85. The molecule has 0 saturated carbocycles. The summed E-state index contributed by atoms with van der Waals surface area (Å²) in [5, 5.41) is 3.49. The molecule has 0 aliphatic carbocycles. The Labute approximate surface area is 269 Å².